The fourth-order valence-electron chi connectivity index (χ4n) is 2.20. The Labute approximate surface area is 124 Å². The summed E-state index contributed by atoms with van der Waals surface area (Å²) in [6, 6.07) is 13.9. The number of amidine groups is 1. The lowest BCUT2D eigenvalue weighted by Gasteiger charge is -2.24. The van der Waals surface area contributed by atoms with E-state index in [1.54, 1.807) is 6.07 Å². The van der Waals surface area contributed by atoms with Crippen LogP contribution in [0.5, 0.6) is 0 Å². The third-order valence-electron chi connectivity index (χ3n) is 3.18. The molecule has 0 atom stereocenters. The maximum Gasteiger partial charge on any atom is 0.124 e. The number of anilines is 2. The van der Waals surface area contributed by atoms with Crippen LogP contribution in [0.25, 0.3) is 0 Å². The number of aryl methyl sites for hydroxylation is 1. The van der Waals surface area contributed by atoms with Gasteiger partial charge in [-0.1, -0.05) is 23.7 Å². The number of benzene rings is 2. The molecule has 3 N–H and O–H groups in total. The second kappa shape index (κ2) is 5.97. The molecule has 2 rings (SSSR count). The molecule has 2 aromatic rings. The van der Waals surface area contributed by atoms with E-state index in [1.807, 2.05) is 18.2 Å². The number of rotatable bonds is 4. The third-order valence-corrected chi connectivity index (χ3v) is 3.50. The predicted octanol–water partition coefficient (Wildman–Crippen LogP) is 4.09. The van der Waals surface area contributed by atoms with Crippen LogP contribution in [0.1, 0.15) is 18.1 Å². The molecule has 0 saturated heterocycles. The highest BCUT2D eigenvalue weighted by Gasteiger charge is 2.10. The fourth-order valence-corrected chi connectivity index (χ4v) is 2.48. The van der Waals surface area contributed by atoms with E-state index in [0.29, 0.717) is 10.6 Å². The van der Waals surface area contributed by atoms with Crippen molar-refractivity contribution >= 4 is 28.8 Å². The Balaban J connectivity index is 2.42. The van der Waals surface area contributed by atoms with Gasteiger partial charge in [-0.15, -0.1) is 0 Å². The minimum atomic E-state index is -0.0137. The number of nitrogens with two attached hydrogens (primary N) is 1. The Morgan fingerprint density at radius 2 is 1.90 bits per heavy atom. The summed E-state index contributed by atoms with van der Waals surface area (Å²) in [5, 5.41) is 7.97. The lowest BCUT2D eigenvalue weighted by molar-refractivity contribution is 1.02. The van der Waals surface area contributed by atoms with Gasteiger partial charge in [0.2, 0.25) is 0 Å². The summed E-state index contributed by atoms with van der Waals surface area (Å²) in [5.41, 5.74) is 9.39. The Morgan fingerprint density at radius 3 is 2.45 bits per heavy atom. The summed E-state index contributed by atoms with van der Waals surface area (Å²) in [7, 11) is 0. The summed E-state index contributed by atoms with van der Waals surface area (Å²) in [6.07, 6.45) is 0. The molecule has 0 fully saturated rings. The summed E-state index contributed by atoms with van der Waals surface area (Å²) in [4.78, 5) is 2.17. The van der Waals surface area contributed by atoms with Crippen molar-refractivity contribution in [2.24, 2.45) is 5.73 Å². The summed E-state index contributed by atoms with van der Waals surface area (Å²) in [5.74, 6) is -0.0137. The van der Waals surface area contributed by atoms with Gasteiger partial charge in [-0.3, -0.25) is 5.41 Å². The minimum Gasteiger partial charge on any atom is -0.384 e. The van der Waals surface area contributed by atoms with Gasteiger partial charge in [-0.2, -0.15) is 0 Å². The molecule has 4 heteroatoms. The molecule has 0 bridgehead atoms. The van der Waals surface area contributed by atoms with Crippen LogP contribution in [0.3, 0.4) is 0 Å². The maximum atomic E-state index is 7.47. The van der Waals surface area contributed by atoms with Crippen molar-refractivity contribution in [2.75, 3.05) is 11.4 Å². The van der Waals surface area contributed by atoms with Gasteiger partial charge in [0.25, 0.3) is 0 Å². The van der Waals surface area contributed by atoms with Gasteiger partial charge < -0.3 is 10.6 Å². The molecule has 0 aliphatic heterocycles. The zero-order valence-electron chi connectivity index (χ0n) is 11.7. The van der Waals surface area contributed by atoms with E-state index in [2.05, 4.69) is 36.9 Å². The van der Waals surface area contributed by atoms with Gasteiger partial charge in [0.1, 0.15) is 5.84 Å². The molecule has 0 amide bonds. The first-order valence-electron chi connectivity index (χ1n) is 6.51. The van der Waals surface area contributed by atoms with Gasteiger partial charge in [0.15, 0.2) is 0 Å². The highest BCUT2D eigenvalue weighted by molar-refractivity contribution is 6.34. The molecule has 0 aliphatic carbocycles. The first-order chi connectivity index (χ1) is 9.52. The van der Waals surface area contributed by atoms with Crippen LogP contribution in [-0.2, 0) is 0 Å². The van der Waals surface area contributed by atoms with E-state index >= 15 is 0 Å². The molecule has 0 aliphatic rings. The van der Waals surface area contributed by atoms with Crippen LogP contribution >= 0.6 is 11.6 Å². The Kier molecular flexibility index (Phi) is 4.30. The lowest BCUT2D eigenvalue weighted by Crippen LogP contribution is -2.17. The second-order valence-corrected chi connectivity index (χ2v) is 5.07. The normalized spacial score (nSPS) is 10.3. The first kappa shape index (κ1) is 14.4. The van der Waals surface area contributed by atoms with E-state index in [1.165, 1.54) is 5.56 Å². The highest BCUT2D eigenvalue weighted by Crippen LogP contribution is 2.29. The van der Waals surface area contributed by atoms with Gasteiger partial charge >= 0.3 is 0 Å². The zero-order valence-corrected chi connectivity index (χ0v) is 12.4. The van der Waals surface area contributed by atoms with Crippen molar-refractivity contribution in [3.8, 4) is 0 Å². The Bertz CT molecular complexity index is 637. The third kappa shape index (κ3) is 2.94. The van der Waals surface area contributed by atoms with Crippen molar-refractivity contribution in [1.29, 1.82) is 5.41 Å². The molecule has 0 saturated carbocycles. The monoisotopic (exact) mass is 287 g/mol. The average Bonchev–Trinajstić information content (AvgIpc) is 2.39. The molecule has 0 unspecified atom stereocenters. The number of nitrogens with one attached hydrogen (secondary N) is 1. The molecule has 2 aromatic carbocycles. The van der Waals surface area contributed by atoms with Gasteiger partial charge in [-0.05, 0) is 49.7 Å². The number of hydrogen-bond donors (Lipinski definition) is 2. The first-order valence-corrected chi connectivity index (χ1v) is 6.89. The molecule has 104 valence electrons. The predicted molar refractivity (Wildman–Crippen MR) is 86.3 cm³/mol. The molecule has 0 aromatic heterocycles. The summed E-state index contributed by atoms with van der Waals surface area (Å²) in [6.45, 7) is 5.00. The van der Waals surface area contributed by atoms with Crippen LogP contribution in [0.4, 0.5) is 11.4 Å². The van der Waals surface area contributed by atoms with Crippen molar-refractivity contribution in [3.05, 3.63) is 58.6 Å². The van der Waals surface area contributed by atoms with Crippen LogP contribution in [0.2, 0.25) is 5.02 Å². The second-order valence-electron chi connectivity index (χ2n) is 4.66. The molecule has 0 radical (unpaired) electrons. The van der Waals surface area contributed by atoms with Crippen molar-refractivity contribution < 1.29 is 0 Å². The number of halogens is 1. The fraction of sp³-hybridized carbons (Fsp3) is 0.188. The number of nitrogens with zero attached hydrogens (tertiary/aromatic N) is 1. The number of hydrogen-bond acceptors (Lipinski definition) is 2. The molecule has 0 heterocycles. The van der Waals surface area contributed by atoms with Crippen LogP contribution in [0, 0.1) is 12.3 Å². The topological polar surface area (TPSA) is 53.1 Å². The summed E-state index contributed by atoms with van der Waals surface area (Å²) < 4.78 is 0. The standard InChI is InChI=1S/C16H18ClN3/c1-3-20(12-6-4-5-11(2)9-12)13-7-8-14(16(18)19)15(17)10-13/h4-10H,3H2,1-2H3,(H3,18,19). The SMILES string of the molecule is CCN(c1cccc(C)c1)c1ccc(C(=N)N)c(Cl)c1. The maximum absolute atomic E-state index is 7.47. The molecular weight excluding hydrogens is 270 g/mol. The Morgan fingerprint density at radius 1 is 1.20 bits per heavy atom. The van der Waals surface area contributed by atoms with Gasteiger partial charge in [-0.25, -0.2) is 0 Å². The molecular formula is C16H18ClN3. The molecule has 3 nitrogen and oxygen atoms in total. The van der Waals surface area contributed by atoms with E-state index in [9.17, 15) is 0 Å². The van der Waals surface area contributed by atoms with Crippen molar-refractivity contribution in [3.63, 3.8) is 0 Å². The Hall–Kier alpha value is -2.00. The quantitative estimate of drug-likeness (QED) is 0.657. The molecule has 20 heavy (non-hydrogen) atoms. The van der Waals surface area contributed by atoms with Crippen LogP contribution in [0.15, 0.2) is 42.5 Å². The van der Waals surface area contributed by atoms with Crippen molar-refractivity contribution in [2.45, 2.75) is 13.8 Å². The average molecular weight is 288 g/mol. The zero-order chi connectivity index (χ0) is 14.7. The van der Waals surface area contributed by atoms with Crippen LogP contribution < -0.4 is 10.6 Å². The van der Waals surface area contributed by atoms with E-state index in [-0.39, 0.29) is 5.84 Å². The van der Waals surface area contributed by atoms with E-state index < -0.39 is 0 Å². The van der Waals surface area contributed by atoms with E-state index in [0.717, 1.165) is 17.9 Å². The smallest absolute Gasteiger partial charge is 0.124 e. The number of nitrogen functional groups attached to an aromatic ring is 1. The highest BCUT2D eigenvalue weighted by atomic mass is 35.5. The minimum absolute atomic E-state index is 0.0137. The van der Waals surface area contributed by atoms with Gasteiger partial charge in [0.05, 0.1) is 5.02 Å². The largest absolute Gasteiger partial charge is 0.384 e. The molecule has 0 spiro atoms. The lowest BCUT2D eigenvalue weighted by atomic mass is 10.1. The van der Waals surface area contributed by atoms with Crippen LogP contribution in [-0.4, -0.2) is 12.4 Å². The van der Waals surface area contributed by atoms with Crippen molar-refractivity contribution in [1.82, 2.24) is 0 Å². The van der Waals surface area contributed by atoms with Gasteiger partial charge in [0, 0.05) is 23.5 Å². The summed E-state index contributed by atoms with van der Waals surface area (Å²) >= 11 is 6.20. The van der Waals surface area contributed by atoms with E-state index in [4.69, 9.17) is 22.7 Å².